The fourth-order valence-electron chi connectivity index (χ4n) is 2.67. The number of methoxy groups -OCH3 is 3. The Morgan fingerprint density at radius 1 is 0.840 bits per heavy atom. The van der Waals surface area contributed by atoms with E-state index in [0.717, 1.165) is 33.7 Å². The Balaban J connectivity index is 1.91. The van der Waals surface area contributed by atoms with Crippen molar-refractivity contribution in [2.45, 2.75) is 0 Å². The Hall–Kier alpha value is -3.08. The normalized spacial score (nSPS) is 11.0. The SMILES string of the molecule is CNc1ccc(C=Cc2cc3cc(OC)c(OC)cc3o2)cc1OC. The minimum absolute atomic E-state index is 0.646. The lowest BCUT2D eigenvalue weighted by molar-refractivity contribution is 0.355. The van der Waals surface area contributed by atoms with Crippen LogP contribution in [0.25, 0.3) is 23.1 Å². The zero-order valence-electron chi connectivity index (χ0n) is 14.8. The molecule has 1 N–H and O–H groups in total. The maximum absolute atomic E-state index is 5.87. The monoisotopic (exact) mass is 339 g/mol. The summed E-state index contributed by atoms with van der Waals surface area (Å²) in [5.41, 5.74) is 2.72. The number of hydrogen-bond donors (Lipinski definition) is 1. The van der Waals surface area contributed by atoms with Crippen LogP contribution in [-0.2, 0) is 0 Å². The Kier molecular flexibility index (Phi) is 4.84. The molecule has 0 aliphatic heterocycles. The number of benzene rings is 2. The van der Waals surface area contributed by atoms with Gasteiger partial charge in [0.15, 0.2) is 11.5 Å². The molecule has 0 aliphatic rings. The van der Waals surface area contributed by atoms with E-state index in [-0.39, 0.29) is 0 Å². The molecule has 0 aliphatic carbocycles. The second kappa shape index (κ2) is 7.21. The summed E-state index contributed by atoms with van der Waals surface area (Å²) >= 11 is 0. The van der Waals surface area contributed by atoms with Crippen LogP contribution in [0.5, 0.6) is 17.2 Å². The molecule has 2 aromatic carbocycles. The first-order valence-corrected chi connectivity index (χ1v) is 7.88. The number of furan rings is 1. The highest BCUT2D eigenvalue weighted by Gasteiger charge is 2.09. The van der Waals surface area contributed by atoms with Crippen LogP contribution in [0.3, 0.4) is 0 Å². The molecule has 1 heterocycles. The third-order valence-electron chi connectivity index (χ3n) is 3.98. The van der Waals surface area contributed by atoms with Gasteiger partial charge >= 0.3 is 0 Å². The maximum Gasteiger partial charge on any atom is 0.164 e. The Morgan fingerprint density at radius 2 is 1.56 bits per heavy atom. The first kappa shape index (κ1) is 16.8. The Bertz CT molecular complexity index is 870. The van der Waals surface area contributed by atoms with Crippen LogP contribution in [-0.4, -0.2) is 28.4 Å². The largest absolute Gasteiger partial charge is 0.495 e. The Morgan fingerprint density at radius 3 is 2.24 bits per heavy atom. The molecule has 1 aromatic heterocycles. The fraction of sp³-hybridized carbons (Fsp3) is 0.200. The van der Waals surface area contributed by atoms with Crippen LogP contribution < -0.4 is 19.5 Å². The molecular formula is C20H21NO4. The average Bonchev–Trinajstić information content (AvgIpc) is 3.06. The fourth-order valence-corrected chi connectivity index (χ4v) is 2.67. The topological polar surface area (TPSA) is 52.9 Å². The quantitative estimate of drug-likeness (QED) is 0.707. The first-order valence-electron chi connectivity index (χ1n) is 7.88. The highest BCUT2D eigenvalue weighted by atomic mass is 16.5. The van der Waals surface area contributed by atoms with E-state index < -0.39 is 0 Å². The maximum atomic E-state index is 5.87. The van der Waals surface area contributed by atoms with Crippen LogP contribution in [0.4, 0.5) is 5.69 Å². The lowest BCUT2D eigenvalue weighted by Gasteiger charge is -2.08. The number of hydrogen-bond acceptors (Lipinski definition) is 5. The van der Waals surface area contributed by atoms with Crippen molar-refractivity contribution in [3.63, 3.8) is 0 Å². The van der Waals surface area contributed by atoms with Gasteiger partial charge in [0.05, 0.1) is 27.0 Å². The van der Waals surface area contributed by atoms with Gasteiger partial charge in [-0.15, -0.1) is 0 Å². The summed E-state index contributed by atoms with van der Waals surface area (Å²) in [4.78, 5) is 0. The van der Waals surface area contributed by atoms with E-state index in [1.807, 2.05) is 55.6 Å². The lowest BCUT2D eigenvalue weighted by Crippen LogP contribution is -1.93. The number of nitrogens with one attached hydrogen (secondary N) is 1. The van der Waals surface area contributed by atoms with Gasteiger partial charge < -0.3 is 23.9 Å². The zero-order chi connectivity index (χ0) is 17.8. The van der Waals surface area contributed by atoms with Crippen molar-refractivity contribution >= 4 is 28.8 Å². The molecule has 0 bridgehead atoms. The van der Waals surface area contributed by atoms with Gasteiger partial charge in [-0.1, -0.05) is 12.1 Å². The lowest BCUT2D eigenvalue weighted by atomic mass is 10.1. The molecule has 3 rings (SSSR count). The smallest absolute Gasteiger partial charge is 0.164 e. The van der Waals surface area contributed by atoms with Crippen molar-refractivity contribution in [1.82, 2.24) is 0 Å². The molecule has 5 heteroatoms. The standard InChI is InChI=1S/C20H21NO4/c1-21-16-8-6-13(9-18(16)22-2)5-7-15-10-14-11-19(23-3)20(24-4)12-17(14)25-15/h5-12,21H,1-4H3. The molecule has 3 aromatic rings. The molecule has 130 valence electrons. The summed E-state index contributed by atoms with van der Waals surface area (Å²) in [7, 11) is 6.75. The molecule has 0 radical (unpaired) electrons. The summed E-state index contributed by atoms with van der Waals surface area (Å²) < 4.78 is 21.9. The van der Waals surface area contributed by atoms with Gasteiger partial charge in [-0.05, 0) is 35.9 Å². The van der Waals surface area contributed by atoms with Gasteiger partial charge in [-0.2, -0.15) is 0 Å². The van der Waals surface area contributed by atoms with Crippen molar-refractivity contribution in [3.05, 3.63) is 47.7 Å². The van der Waals surface area contributed by atoms with Crippen LogP contribution in [0.1, 0.15) is 11.3 Å². The minimum atomic E-state index is 0.646. The van der Waals surface area contributed by atoms with E-state index in [9.17, 15) is 0 Å². The van der Waals surface area contributed by atoms with Crippen molar-refractivity contribution in [3.8, 4) is 17.2 Å². The predicted molar refractivity (Wildman–Crippen MR) is 101 cm³/mol. The summed E-state index contributed by atoms with van der Waals surface area (Å²) in [6.07, 6.45) is 3.90. The second-order valence-corrected chi connectivity index (χ2v) is 5.44. The molecule has 5 nitrogen and oxygen atoms in total. The zero-order valence-corrected chi connectivity index (χ0v) is 14.8. The predicted octanol–water partition coefficient (Wildman–Crippen LogP) is 4.67. The van der Waals surface area contributed by atoms with E-state index in [2.05, 4.69) is 5.32 Å². The molecule has 0 saturated carbocycles. The average molecular weight is 339 g/mol. The van der Waals surface area contributed by atoms with Crippen LogP contribution in [0.2, 0.25) is 0 Å². The van der Waals surface area contributed by atoms with Crippen molar-refractivity contribution in [2.24, 2.45) is 0 Å². The number of ether oxygens (including phenoxy) is 3. The van der Waals surface area contributed by atoms with Gasteiger partial charge in [0.25, 0.3) is 0 Å². The number of anilines is 1. The highest BCUT2D eigenvalue weighted by molar-refractivity contribution is 5.85. The number of fused-ring (bicyclic) bond motifs is 1. The molecule has 0 spiro atoms. The van der Waals surface area contributed by atoms with E-state index in [0.29, 0.717) is 11.5 Å². The summed E-state index contributed by atoms with van der Waals surface area (Å²) in [5.74, 6) is 2.87. The highest BCUT2D eigenvalue weighted by Crippen LogP contribution is 2.34. The molecule has 0 saturated heterocycles. The second-order valence-electron chi connectivity index (χ2n) is 5.44. The third-order valence-corrected chi connectivity index (χ3v) is 3.98. The summed E-state index contributed by atoms with van der Waals surface area (Å²) in [6.45, 7) is 0. The van der Waals surface area contributed by atoms with E-state index in [1.54, 1.807) is 21.3 Å². The molecular weight excluding hydrogens is 318 g/mol. The van der Waals surface area contributed by atoms with Crippen molar-refractivity contribution in [1.29, 1.82) is 0 Å². The van der Waals surface area contributed by atoms with E-state index in [4.69, 9.17) is 18.6 Å². The van der Waals surface area contributed by atoms with Gasteiger partial charge in [0.2, 0.25) is 0 Å². The van der Waals surface area contributed by atoms with Crippen LogP contribution in [0, 0.1) is 0 Å². The van der Waals surface area contributed by atoms with Crippen molar-refractivity contribution < 1.29 is 18.6 Å². The third kappa shape index (κ3) is 3.40. The molecule has 0 amide bonds. The van der Waals surface area contributed by atoms with Gasteiger partial charge in [0, 0.05) is 18.5 Å². The minimum Gasteiger partial charge on any atom is -0.495 e. The van der Waals surface area contributed by atoms with Crippen LogP contribution >= 0.6 is 0 Å². The summed E-state index contributed by atoms with van der Waals surface area (Å²) in [6, 6.07) is 11.7. The molecule has 25 heavy (non-hydrogen) atoms. The molecule has 0 fully saturated rings. The Labute approximate surface area is 146 Å². The van der Waals surface area contributed by atoms with E-state index in [1.165, 1.54) is 0 Å². The van der Waals surface area contributed by atoms with Gasteiger partial charge in [0.1, 0.15) is 17.1 Å². The molecule has 0 unspecified atom stereocenters. The van der Waals surface area contributed by atoms with E-state index >= 15 is 0 Å². The number of rotatable bonds is 6. The first-order chi connectivity index (χ1) is 12.2. The summed E-state index contributed by atoms with van der Waals surface area (Å²) in [5, 5.41) is 4.05. The molecule has 0 atom stereocenters. The van der Waals surface area contributed by atoms with Gasteiger partial charge in [-0.3, -0.25) is 0 Å². The van der Waals surface area contributed by atoms with Crippen LogP contribution in [0.15, 0.2) is 40.8 Å². The van der Waals surface area contributed by atoms with Crippen molar-refractivity contribution in [2.75, 3.05) is 33.7 Å². The van der Waals surface area contributed by atoms with Gasteiger partial charge in [-0.25, -0.2) is 0 Å².